The number of nitro benzene ring substituents is 1. The van der Waals surface area contributed by atoms with E-state index >= 15 is 0 Å². The lowest BCUT2D eigenvalue weighted by Crippen LogP contribution is -2.31. The Kier molecular flexibility index (Phi) is 5.51. The van der Waals surface area contributed by atoms with Gasteiger partial charge in [0.15, 0.2) is 0 Å². The number of nitrogens with zero attached hydrogens (tertiary/aromatic N) is 2. The number of nitro groups is 1. The molecule has 1 aliphatic heterocycles. The smallest absolute Gasteiger partial charge is 0.270 e. The first-order valence-electron chi connectivity index (χ1n) is 8.43. The van der Waals surface area contributed by atoms with Crippen LogP contribution in [0.1, 0.15) is 34.8 Å². The lowest BCUT2D eigenvalue weighted by molar-refractivity contribution is -0.384. The SMILES string of the molecule is COc1ccc(C2CCCN2C(=O)c2cc([N+](=O)[O-])ccc2Cl)c(OC)c1. The van der Waals surface area contributed by atoms with Crippen LogP contribution in [-0.4, -0.2) is 36.5 Å². The average Bonchev–Trinajstić information content (AvgIpc) is 3.16. The second-order valence-corrected chi connectivity index (χ2v) is 6.59. The number of carbonyl (C=O) groups excluding carboxylic acids is 1. The Morgan fingerprint density at radius 2 is 2.00 bits per heavy atom. The van der Waals surface area contributed by atoms with Crippen molar-refractivity contribution in [3.8, 4) is 11.5 Å². The molecule has 142 valence electrons. The Hall–Kier alpha value is -2.80. The van der Waals surface area contributed by atoms with E-state index in [9.17, 15) is 14.9 Å². The van der Waals surface area contributed by atoms with Crippen LogP contribution in [0.4, 0.5) is 5.69 Å². The van der Waals surface area contributed by atoms with Gasteiger partial charge in [0.25, 0.3) is 11.6 Å². The summed E-state index contributed by atoms with van der Waals surface area (Å²) in [6.07, 6.45) is 1.58. The number of methoxy groups -OCH3 is 2. The number of benzene rings is 2. The lowest BCUT2D eigenvalue weighted by Gasteiger charge is -2.27. The Bertz CT molecular complexity index is 886. The van der Waals surface area contributed by atoms with Gasteiger partial charge in [0.1, 0.15) is 11.5 Å². The van der Waals surface area contributed by atoms with Gasteiger partial charge in [-0.1, -0.05) is 11.6 Å². The normalized spacial score (nSPS) is 16.3. The van der Waals surface area contributed by atoms with Gasteiger partial charge in [-0.25, -0.2) is 0 Å². The van der Waals surface area contributed by atoms with Gasteiger partial charge in [-0.2, -0.15) is 0 Å². The average molecular weight is 391 g/mol. The third-order valence-electron chi connectivity index (χ3n) is 4.70. The first-order valence-corrected chi connectivity index (χ1v) is 8.81. The molecule has 2 aromatic rings. The maximum absolute atomic E-state index is 13.1. The number of non-ortho nitro benzene ring substituents is 1. The summed E-state index contributed by atoms with van der Waals surface area (Å²) in [5, 5.41) is 11.2. The highest BCUT2D eigenvalue weighted by Crippen LogP contribution is 2.40. The molecule has 3 rings (SSSR count). The zero-order chi connectivity index (χ0) is 19.6. The number of hydrogen-bond donors (Lipinski definition) is 0. The molecule has 1 atom stereocenters. The van der Waals surface area contributed by atoms with Crippen LogP contribution in [0.2, 0.25) is 5.02 Å². The van der Waals surface area contributed by atoms with E-state index in [4.69, 9.17) is 21.1 Å². The van der Waals surface area contributed by atoms with Crippen LogP contribution in [0.25, 0.3) is 0 Å². The van der Waals surface area contributed by atoms with Crippen LogP contribution in [0.15, 0.2) is 36.4 Å². The van der Waals surface area contributed by atoms with Crippen molar-refractivity contribution in [2.45, 2.75) is 18.9 Å². The Morgan fingerprint density at radius 1 is 1.22 bits per heavy atom. The van der Waals surface area contributed by atoms with Crippen LogP contribution >= 0.6 is 11.6 Å². The number of ether oxygens (including phenoxy) is 2. The lowest BCUT2D eigenvalue weighted by atomic mass is 10.0. The van der Waals surface area contributed by atoms with E-state index < -0.39 is 4.92 Å². The van der Waals surface area contributed by atoms with Gasteiger partial charge in [-0.3, -0.25) is 14.9 Å². The van der Waals surface area contributed by atoms with Crippen molar-refractivity contribution in [1.82, 2.24) is 4.90 Å². The van der Waals surface area contributed by atoms with Crippen LogP contribution in [0, 0.1) is 10.1 Å². The minimum atomic E-state index is -0.541. The second-order valence-electron chi connectivity index (χ2n) is 6.19. The Balaban J connectivity index is 1.96. The summed E-state index contributed by atoms with van der Waals surface area (Å²) in [6, 6.07) is 9.16. The largest absolute Gasteiger partial charge is 0.497 e. The van der Waals surface area contributed by atoms with Crippen molar-refractivity contribution in [3.63, 3.8) is 0 Å². The highest BCUT2D eigenvalue weighted by Gasteiger charge is 2.34. The molecule has 1 saturated heterocycles. The van der Waals surface area contributed by atoms with Crippen molar-refractivity contribution >= 4 is 23.2 Å². The van der Waals surface area contributed by atoms with E-state index in [1.165, 1.54) is 18.2 Å². The number of amides is 1. The predicted octanol–water partition coefficient (Wildman–Crippen LogP) is 4.24. The third kappa shape index (κ3) is 3.68. The van der Waals surface area contributed by atoms with Crippen LogP contribution in [0.5, 0.6) is 11.5 Å². The Labute approximate surface area is 161 Å². The number of carbonyl (C=O) groups is 1. The van der Waals surface area contributed by atoms with Gasteiger partial charge < -0.3 is 14.4 Å². The molecular weight excluding hydrogens is 372 g/mol. The highest BCUT2D eigenvalue weighted by atomic mass is 35.5. The number of hydrogen-bond acceptors (Lipinski definition) is 5. The maximum atomic E-state index is 13.1. The van der Waals surface area contributed by atoms with Gasteiger partial charge >= 0.3 is 0 Å². The zero-order valence-electron chi connectivity index (χ0n) is 15.0. The molecule has 1 fully saturated rings. The summed E-state index contributed by atoms with van der Waals surface area (Å²) in [7, 11) is 3.14. The topological polar surface area (TPSA) is 81.9 Å². The van der Waals surface area contributed by atoms with Gasteiger partial charge in [0.2, 0.25) is 0 Å². The van der Waals surface area contributed by atoms with Gasteiger partial charge in [-0.15, -0.1) is 0 Å². The number of likely N-dealkylation sites (tertiary alicyclic amines) is 1. The summed E-state index contributed by atoms with van der Waals surface area (Å²) in [5.74, 6) is 0.960. The van der Waals surface area contributed by atoms with E-state index in [1.54, 1.807) is 25.2 Å². The van der Waals surface area contributed by atoms with Crippen molar-refractivity contribution in [2.75, 3.05) is 20.8 Å². The molecule has 1 heterocycles. The standard InChI is InChI=1S/C19H19ClN2O5/c1-26-13-6-7-14(18(11-13)27-2)17-4-3-9-21(17)19(23)15-10-12(22(24)25)5-8-16(15)20/h5-8,10-11,17H,3-4,9H2,1-2H3. The molecule has 1 amide bonds. The van der Waals surface area contributed by atoms with Gasteiger partial charge in [0.05, 0.1) is 35.8 Å². The van der Waals surface area contributed by atoms with E-state index in [0.717, 1.165) is 18.4 Å². The van der Waals surface area contributed by atoms with Crippen LogP contribution < -0.4 is 9.47 Å². The van der Waals surface area contributed by atoms with Crippen molar-refractivity contribution in [1.29, 1.82) is 0 Å². The van der Waals surface area contributed by atoms with Crippen molar-refractivity contribution in [2.24, 2.45) is 0 Å². The highest BCUT2D eigenvalue weighted by molar-refractivity contribution is 6.34. The molecule has 0 bridgehead atoms. The fourth-order valence-corrected chi connectivity index (χ4v) is 3.57. The first kappa shape index (κ1) is 19.0. The second kappa shape index (κ2) is 7.84. The monoisotopic (exact) mass is 390 g/mol. The van der Waals surface area contributed by atoms with Gasteiger partial charge in [-0.05, 0) is 31.0 Å². The molecule has 0 aliphatic carbocycles. The molecule has 0 N–H and O–H groups in total. The molecule has 1 aliphatic rings. The van der Waals surface area contributed by atoms with E-state index in [-0.39, 0.29) is 28.2 Å². The first-order chi connectivity index (χ1) is 13.0. The predicted molar refractivity (Wildman–Crippen MR) is 101 cm³/mol. The van der Waals surface area contributed by atoms with Crippen molar-refractivity contribution < 1.29 is 19.2 Å². The fraction of sp³-hybridized carbons (Fsp3) is 0.316. The third-order valence-corrected chi connectivity index (χ3v) is 5.03. The molecule has 8 heteroatoms. The Morgan fingerprint density at radius 3 is 2.67 bits per heavy atom. The summed E-state index contributed by atoms with van der Waals surface area (Å²) < 4.78 is 10.7. The number of halogens is 1. The molecule has 0 spiro atoms. The van der Waals surface area contributed by atoms with Crippen LogP contribution in [-0.2, 0) is 0 Å². The molecule has 1 unspecified atom stereocenters. The van der Waals surface area contributed by atoms with E-state index in [2.05, 4.69) is 0 Å². The summed E-state index contributed by atoms with van der Waals surface area (Å²) in [5.41, 5.74) is 0.830. The number of rotatable bonds is 5. The molecule has 0 radical (unpaired) electrons. The molecule has 0 saturated carbocycles. The van der Waals surface area contributed by atoms with Crippen LogP contribution in [0.3, 0.4) is 0 Å². The molecule has 2 aromatic carbocycles. The maximum Gasteiger partial charge on any atom is 0.270 e. The molecule has 27 heavy (non-hydrogen) atoms. The quantitative estimate of drug-likeness (QED) is 0.563. The summed E-state index contributed by atoms with van der Waals surface area (Å²) >= 11 is 6.15. The molecule has 0 aromatic heterocycles. The van der Waals surface area contributed by atoms with E-state index in [0.29, 0.717) is 18.0 Å². The summed E-state index contributed by atoms with van der Waals surface area (Å²) in [4.78, 5) is 25.3. The molecular formula is C19H19ClN2O5. The van der Waals surface area contributed by atoms with Crippen molar-refractivity contribution in [3.05, 3.63) is 62.7 Å². The summed E-state index contributed by atoms with van der Waals surface area (Å²) in [6.45, 7) is 0.539. The minimum absolute atomic E-state index is 0.130. The van der Waals surface area contributed by atoms with E-state index in [1.807, 2.05) is 12.1 Å². The van der Waals surface area contributed by atoms with Gasteiger partial charge in [0, 0.05) is 30.3 Å². The molecule has 7 nitrogen and oxygen atoms in total. The fourth-order valence-electron chi connectivity index (χ4n) is 3.37. The zero-order valence-corrected chi connectivity index (χ0v) is 15.7. The minimum Gasteiger partial charge on any atom is -0.497 e.